The van der Waals surface area contributed by atoms with Gasteiger partial charge in [0.05, 0.1) is 12.2 Å². The van der Waals surface area contributed by atoms with Gasteiger partial charge in [-0.15, -0.1) is 0 Å². The van der Waals surface area contributed by atoms with Gasteiger partial charge in [0.1, 0.15) is 0 Å². The van der Waals surface area contributed by atoms with Crippen molar-refractivity contribution in [2.75, 3.05) is 6.54 Å². The zero-order valence-corrected chi connectivity index (χ0v) is 16.2. The molecule has 1 atom stereocenters. The van der Waals surface area contributed by atoms with Crippen molar-refractivity contribution in [2.45, 2.75) is 31.8 Å². The van der Waals surface area contributed by atoms with Crippen LogP contribution in [0.3, 0.4) is 0 Å². The Morgan fingerprint density at radius 1 is 1.07 bits per heavy atom. The lowest BCUT2D eigenvalue weighted by Gasteiger charge is -2.25. The smallest absolute Gasteiger partial charge is 0.254 e. The van der Waals surface area contributed by atoms with Crippen molar-refractivity contribution in [3.8, 4) is 11.1 Å². The van der Waals surface area contributed by atoms with E-state index in [9.17, 15) is 9.59 Å². The number of carbonyl (C=O) groups excluding carboxylic acids is 2. The van der Waals surface area contributed by atoms with Crippen LogP contribution in [0.1, 0.15) is 41.2 Å². The minimum Gasteiger partial charge on any atom is -0.370 e. The van der Waals surface area contributed by atoms with Crippen LogP contribution in [0.15, 0.2) is 67.0 Å². The lowest BCUT2D eigenvalue weighted by atomic mass is 10.0. The monoisotopic (exact) mass is 388 g/mol. The van der Waals surface area contributed by atoms with Crippen molar-refractivity contribution in [3.63, 3.8) is 0 Å². The first-order valence-electron chi connectivity index (χ1n) is 9.89. The largest absolute Gasteiger partial charge is 0.370 e. The van der Waals surface area contributed by atoms with Crippen LogP contribution in [0.5, 0.6) is 0 Å². The summed E-state index contributed by atoms with van der Waals surface area (Å²) in [5, 5.41) is 4.28. The first-order valence-corrected chi connectivity index (χ1v) is 9.89. The van der Waals surface area contributed by atoms with Gasteiger partial charge in [0.2, 0.25) is 5.91 Å². The van der Waals surface area contributed by atoms with Crippen LogP contribution >= 0.6 is 0 Å². The van der Waals surface area contributed by atoms with Crippen LogP contribution in [-0.2, 0) is 11.3 Å². The Bertz CT molecular complexity index is 1010. The number of amides is 2. The summed E-state index contributed by atoms with van der Waals surface area (Å²) in [4.78, 5) is 26.2. The van der Waals surface area contributed by atoms with Crippen LogP contribution in [0.25, 0.3) is 11.1 Å². The van der Waals surface area contributed by atoms with Gasteiger partial charge in [0.15, 0.2) is 0 Å². The molecule has 1 fully saturated rings. The molecular formula is C23H24N4O2. The highest BCUT2D eigenvalue weighted by molar-refractivity contribution is 5.96. The highest BCUT2D eigenvalue weighted by Crippen LogP contribution is 2.33. The van der Waals surface area contributed by atoms with E-state index in [4.69, 9.17) is 5.73 Å². The fourth-order valence-corrected chi connectivity index (χ4v) is 3.89. The predicted molar refractivity (Wildman–Crippen MR) is 111 cm³/mol. The number of hydrogen-bond acceptors (Lipinski definition) is 3. The summed E-state index contributed by atoms with van der Waals surface area (Å²) in [5.41, 5.74) is 8.90. The molecule has 1 aliphatic heterocycles. The summed E-state index contributed by atoms with van der Waals surface area (Å²) < 4.78 is 1.69. The Hall–Kier alpha value is -3.41. The molecular weight excluding hydrogens is 364 g/mol. The topological polar surface area (TPSA) is 81.2 Å². The molecule has 0 bridgehead atoms. The zero-order chi connectivity index (χ0) is 20.2. The number of carbonyl (C=O) groups is 2. The number of nitrogens with zero attached hydrogens (tertiary/aromatic N) is 3. The maximum Gasteiger partial charge on any atom is 0.254 e. The molecule has 29 heavy (non-hydrogen) atoms. The van der Waals surface area contributed by atoms with Gasteiger partial charge in [-0.3, -0.25) is 14.3 Å². The second kappa shape index (κ2) is 8.31. The third kappa shape index (κ3) is 4.21. The maximum atomic E-state index is 13.3. The van der Waals surface area contributed by atoms with E-state index >= 15 is 0 Å². The molecule has 0 radical (unpaired) electrons. The van der Waals surface area contributed by atoms with Crippen LogP contribution in [0.4, 0.5) is 0 Å². The fourth-order valence-electron chi connectivity index (χ4n) is 3.89. The van der Waals surface area contributed by atoms with E-state index in [0.29, 0.717) is 12.1 Å². The number of benzene rings is 2. The molecule has 3 aromatic rings. The first kappa shape index (κ1) is 18.9. The molecule has 2 N–H and O–H groups in total. The number of aryl methyl sites for hydroxylation is 1. The Labute approximate surface area is 169 Å². The molecule has 2 heterocycles. The average Bonchev–Trinajstić information content (AvgIpc) is 3.42. The van der Waals surface area contributed by atoms with Crippen molar-refractivity contribution in [2.24, 2.45) is 5.73 Å². The Balaban J connectivity index is 1.54. The number of hydrogen-bond donors (Lipinski definition) is 1. The molecule has 1 aromatic heterocycles. The molecule has 2 aromatic carbocycles. The maximum absolute atomic E-state index is 13.3. The van der Waals surface area contributed by atoms with Gasteiger partial charge in [-0.05, 0) is 36.1 Å². The van der Waals surface area contributed by atoms with Crippen molar-refractivity contribution >= 4 is 11.8 Å². The predicted octanol–water partition coefficient (Wildman–Crippen LogP) is 3.40. The summed E-state index contributed by atoms with van der Waals surface area (Å²) in [7, 11) is 0. The van der Waals surface area contributed by atoms with E-state index < -0.39 is 0 Å². The Kier molecular flexibility index (Phi) is 5.42. The van der Waals surface area contributed by atoms with Crippen molar-refractivity contribution < 1.29 is 9.59 Å². The number of aromatic nitrogens is 2. The molecule has 0 aliphatic carbocycles. The summed E-state index contributed by atoms with van der Waals surface area (Å²) in [6.07, 6.45) is 5.86. The number of rotatable bonds is 6. The van der Waals surface area contributed by atoms with E-state index in [2.05, 4.69) is 17.2 Å². The standard InChI is InChI=1S/C23H24N4O2/c24-22(28)11-13-26-16-20(15-25-26)18-8-4-9-19(14-18)23(29)27-12-5-10-21(27)17-6-2-1-3-7-17/h1-4,6-9,14-16,21H,5,10-13H2,(H2,24,28)/t21-/m1/s1. The first-order chi connectivity index (χ1) is 14.1. The van der Waals surface area contributed by atoms with Crippen molar-refractivity contribution in [3.05, 3.63) is 78.1 Å². The highest BCUT2D eigenvalue weighted by Gasteiger charge is 2.30. The molecule has 1 saturated heterocycles. The third-order valence-corrected chi connectivity index (χ3v) is 5.36. The molecule has 0 saturated carbocycles. The van der Waals surface area contributed by atoms with Gasteiger partial charge in [-0.25, -0.2) is 0 Å². The highest BCUT2D eigenvalue weighted by atomic mass is 16.2. The molecule has 0 unspecified atom stereocenters. The van der Waals surface area contributed by atoms with Gasteiger partial charge in [-0.1, -0.05) is 42.5 Å². The number of primary amides is 1. The summed E-state index contributed by atoms with van der Waals surface area (Å²) in [5.74, 6) is -0.299. The minimum atomic E-state index is -0.353. The van der Waals surface area contributed by atoms with Crippen LogP contribution in [0.2, 0.25) is 0 Å². The lowest BCUT2D eigenvalue weighted by Crippen LogP contribution is -2.30. The van der Waals surface area contributed by atoms with E-state index in [0.717, 1.165) is 30.5 Å². The van der Waals surface area contributed by atoms with Gasteiger partial charge < -0.3 is 10.6 Å². The third-order valence-electron chi connectivity index (χ3n) is 5.36. The average molecular weight is 388 g/mol. The molecule has 0 spiro atoms. The van der Waals surface area contributed by atoms with Crippen molar-refractivity contribution in [1.82, 2.24) is 14.7 Å². The second-order valence-corrected chi connectivity index (χ2v) is 7.36. The summed E-state index contributed by atoms with van der Waals surface area (Å²) in [6, 6.07) is 18.0. The van der Waals surface area contributed by atoms with Gasteiger partial charge >= 0.3 is 0 Å². The molecule has 6 heteroatoms. The SMILES string of the molecule is NC(=O)CCn1cc(-c2cccc(C(=O)N3CCC[C@@H]3c3ccccc3)c2)cn1. The van der Waals surface area contributed by atoms with E-state index in [1.807, 2.05) is 53.6 Å². The van der Waals surface area contributed by atoms with Gasteiger partial charge in [-0.2, -0.15) is 5.10 Å². The van der Waals surface area contributed by atoms with Gasteiger partial charge in [0.25, 0.3) is 5.91 Å². The Morgan fingerprint density at radius 2 is 1.90 bits per heavy atom. The number of likely N-dealkylation sites (tertiary alicyclic amines) is 1. The normalized spacial score (nSPS) is 16.1. The number of nitrogens with two attached hydrogens (primary N) is 1. The van der Waals surface area contributed by atoms with Crippen molar-refractivity contribution in [1.29, 1.82) is 0 Å². The lowest BCUT2D eigenvalue weighted by molar-refractivity contribution is -0.118. The van der Waals surface area contributed by atoms with E-state index in [-0.39, 0.29) is 24.3 Å². The molecule has 4 rings (SSSR count). The fraction of sp³-hybridized carbons (Fsp3) is 0.261. The second-order valence-electron chi connectivity index (χ2n) is 7.36. The van der Waals surface area contributed by atoms with Crippen LogP contribution in [-0.4, -0.2) is 33.0 Å². The minimum absolute atomic E-state index is 0.0549. The molecule has 2 amide bonds. The zero-order valence-electron chi connectivity index (χ0n) is 16.2. The van der Waals surface area contributed by atoms with Crippen LogP contribution < -0.4 is 5.73 Å². The Morgan fingerprint density at radius 3 is 2.69 bits per heavy atom. The van der Waals surface area contributed by atoms with E-state index in [1.54, 1.807) is 10.9 Å². The van der Waals surface area contributed by atoms with Crippen LogP contribution in [0, 0.1) is 0 Å². The molecule has 6 nitrogen and oxygen atoms in total. The quantitative estimate of drug-likeness (QED) is 0.703. The van der Waals surface area contributed by atoms with E-state index in [1.165, 1.54) is 5.56 Å². The van der Waals surface area contributed by atoms with Gasteiger partial charge in [0, 0.05) is 36.8 Å². The summed E-state index contributed by atoms with van der Waals surface area (Å²) in [6.45, 7) is 1.22. The summed E-state index contributed by atoms with van der Waals surface area (Å²) >= 11 is 0. The molecule has 148 valence electrons. The molecule has 1 aliphatic rings.